The molecule has 1 atom stereocenters. The molecule has 1 saturated heterocycles. The fourth-order valence-corrected chi connectivity index (χ4v) is 3.50. The normalized spacial score (nSPS) is 16.0. The Labute approximate surface area is 185 Å². The molecule has 1 fully saturated rings. The molecule has 0 radical (unpaired) electrons. The smallest absolute Gasteiger partial charge is 0.332 e. The van der Waals surface area contributed by atoms with Gasteiger partial charge in [-0.25, -0.2) is 15.2 Å². The predicted octanol–water partition coefficient (Wildman–Crippen LogP) is 3.00. The summed E-state index contributed by atoms with van der Waals surface area (Å²) in [5, 5.41) is 3.38. The van der Waals surface area contributed by atoms with E-state index in [1.807, 2.05) is 12.1 Å². The van der Waals surface area contributed by atoms with Crippen molar-refractivity contribution in [3.05, 3.63) is 71.9 Å². The van der Waals surface area contributed by atoms with Crippen LogP contribution in [0.15, 0.2) is 60.7 Å². The van der Waals surface area contributed by atoms with Crippen molar-refractivity contribution in [2.75, 3.05) is 11.4 Å². The molecule has 2 heterocycles. The number of halogens is 3. The molecule has 4 rings (SSSR count). The molecule has 11 heteroatoms. The maximum atomic E-state index is 12.9. The molecule has 4 amide bonds. The van der Waals surface area contributed by atoms with Gasteiger partial charge < -0.3 is 10.2 Å². The molecule has 1 unspecified atom stereocenters. The first kappa shape index (κ1) is 22.1. The van der Waals surface area contributed by atoms with E-state index < -0.39 is 35.6 Å². The highest BCUT2D eigenvalue weighted by molar-refractivity contribution is 5.97. The van der Waals surface area contributed by atoms with Gasteiger partial charge in [-0.3, -0.25) is 15.0 Å². The van der Waals surface area contributed by atoms with Gasteiger partial charge in [-0.05, 0) is 30.3 Å². The number of urea groups is 1. The molecule has 1 aliphatic rings. The number of benzene rings is 2. The first-order chi connectivity index (χ1) is 15.7. The minimum Gasteiger partial charge on any atom is -0.332 e. The molecular formula is C22H18F3N5O3. The lowest BCUT2D eigenvalue weighted by Gasteiger charge is -2.19. The van der Waals surface area contributed by atoms with Gasteiger partial charge in [0, 0.05) is 24.0 Å². The van der Waals surface area contributed by atoms with Crippen LogP contribution in [0.5, 0.6) is 0 Å². The van der Waals surface area contributed by atoms with Gasteiger partial charge in [0.25, 0.3) is 5.91 Å². The number of carbonyl (C=O) groups is 3. The summed E-state index contributed by atoms with van der Waals surface area (Å²) in [5.74, 6) is -1.06. The summed E-state index contributed by atoms with van der Waals surface area (Å²) >= 11 is 0. The maximum Gasteiger partial charge on any atom is 0.416 e. The van der Waals surface area contributed by atoms with E-state index in [-0.39, 0.29) is 24.3 Å². The number of hydrazine groups is 1. The molecule has 1 aliphatic heterocycles. The predicted molar refractivity (Wildman–Crippen MR) is 113 cm³/mol. The van der Waals surface area contributed by atoms with Gasteiger partial charge in [-0.1, -0.05) is 30.3 Å². The second kappa shape index (κ2) is 8.77. The first-order valence-corrected chi connectivity index (χ1v) is 9.91. The number of pyridine rings is 1. The Morgan fingerprint density at radius 3 is 2.58 bits per heavy atom. The molecule has 8 nitrogen and oxygen atoms in total. The topological polar surface area (TPSA) is 103 Å². The molecule has 0 spiro atoms. The summed E-state index contributed by atoms with van der Waals surface area (Å²) in [6, 6.07) is 13.5. The second-order valence-electron chi connectivity index (χ2n) is 7.40. The molecule has 3 N–H and O–H groups in total. The van der Waals surface area contributed by atoms with E-state index in [1.165, 1.54) is 23.1 Å². The van der Waals surface area contributed by atoms with Crippen LogP contribution >= 0.6 is 0 Å². The molecule has 0 bridgehead atoms. The Morgan fingerprint density at radius 2 is 1.79 bits per heavy atom. The molecule has 1 aromatic heterocycles. The Kier molecular flexibility index (Phi) is 5.86. The number of aromatic nitrogens is 1. The molecule has 0 aliphatic carbocycles. The zero-order valence-corrected chi connectivity index (χ0v) is 17.0. The van der Waals surface area contributed by atoms with Gasteiger partial charge in [0.1, 0.15) is 5.69 Å². The van der Waals surface area contributed by atoms with Gasteiger partial charge in [-0.2, -0.15) is 13.2 Å². The number of nitrogens with one attached hydrogen (secondary N) is 3. The van der Waals surface area contributed by atoms with Crippen LogP contribution in [0.2, 0.25) is 0 Å². The van der Waals surface area contributed by atoms with Gasteiger partial charge in [-0.15, -0.1) is 0 Å². The van der Waals surface area contributed by atoms with Crippen LogP contribution in [0.3, 0.4) is 0 Å². The quantitative estimate of drug-likeness (QED) is 0.526. The van der Waals surface area contributed by atoms with Crippen molar-refractivity contribution >= 4 is 34.4 Å². The minimum atomic E-state index is -4.53. The lowest BCUT2D eigenvalue weighted by atomic mass is 10.2. The highest BCUT2D eigenvalue weighted by Gasteiger charge is 2.34. The summed E-state index contributed by atoms with van der Waals surface area (Å²) in [7, 11) is 0. The van der Waals surface area contributed by atoms with E-state index in [4.69, 9.17) is 0 Å². The third-order valence-corrected chi connectivity index (χ3v) is 5.07. The van der Waals surface area contributed by atoms with Crippen LogP contribution in [0.1, 0.15) is 22.5 Å². The van der Waals surface area contributed by atoms with Crippen molar-refractivity contribution in [3.63, 3.8) is 0 Å². The number of amides is 4. The Morgan fingerprint density at radius 1 is 1.00 bits per heavy atom. The van der Waals surface area contributed by atoms with Gasteiger partial charge >= 0.3 is 12.2 Å². The van der Waals surface area contributed by atoms with Crippen molar-refractivity contribution in [3.8, 4) is 0 Å². The van der Waals surface area contributed by atoms with E-state index in [1.54, 1.807) is 18.2 Å². The average molecular weight is 457 g/mol. The van der Waals surface area contributed by atoms with Crippen LogP contribution in [0, 0.1) is 0 Å². The minimum absolute atomic E-state index is 0.00621. The SMILES string of the molecule is O=C(NNC(=O)c1ccc2ccccc2n1)NC1CC(=O)N(c2cccc(C(F)(F)F)c2)C1. The molecule has 33 heavy (non-hydrogen) atoms. The standard InChI is InChI=1S/C22H18F3N5O3/c23-22(24,25)14-5-3-6-16(10-14)30-12-15(11-19(30)31)26-21(33)29-28-20(32)18-9-8-13-4-1-2-7-17(13)27-18/h1-10,15H,11-12H2,(H,28,32)(H2,26,29,33). The Bertz CT molecular complexity index is 1230. The zero-order chi connectivity index (χ0) is 23.6. The summed E-state index contributed by atoms with van der Waals surface area (Å²) in [6.07, 6.45) is -4.63. The van der Waals surface area contributed by atoms with E-state index in [0.29, 0.717) is 5.52 Å². The van der Waals surface area contributed by atoms with E-state index >= 15 is 0 Å². The van der Waals surface area contributed by atoms with Gasteiger partial charge in [0.05, 0.1) is 17.1 Å². The number of alkyl halides is 3. The number of hydrogen-bond donors (Lipinski definition) is 3. The fourth-order valence-electron chi connectivity index (χ4n) is 3.50. The first-order valence-electron chi connectivity index (χ1n) is 9.91. The van der Waals surface area contributed by atoms with Crippen molar-refractivity contribution in [1.29, 1.82) is 0 Å². The van der Waals surface area contributed by atoms with Crippen molar-refractivity contribution < 1.29 is 27.6 Å². The molecule has 2 aromatic carbocycles. The highest BCUT2D eigenvalue weighted by atomic mass is 19.4. The fraction of sp³-hybridized carbons (Fsp3) is 0.182. The summed E-state index contributed by atoms with van der Waals surface area (Å²) < 4.78 is 38.8. The third kappa shape index (κ3) is 5.03. The lowest BCUT2D eigenvalue weighted by Crippen LogP contribution is -2.50. The molecule has 0 saturated carbocycles. The number of anilines is 1. The molecule has 3 aromatic rings. The third-order valence-electron chi connectivity index (χ3n) is 5.07. The van der Waals surface area contributed by atoms with Gasteiger partial charge in [0.2, 0.25) is 5.91 Å². The van der Waals surface area contributed by atoms with E-state index in [2.05, 4.69) is 21.2 Å². The summed E-state index contributed by atoms with van der Waals surface area (Å²) in [5.41, 5.74) is 4.36. The highest BCUT2D eigenvalue weighted by Crippen LogP contribution is 2.32. The van der Waals surface area contributed by atoms with Crippen LogP contribution in [0.25, 0.3) is 10.9 Å². The van der Waals surface area contributed by atoms with Crippen molar-refractivity contribution in [1.82, 2.24) is 21.2 Å². The number of para-hydroxylation sites is 1. The van der Waals surface area contributed by atoms with Crippen molar-refractivity contribution in [2.24, 2.45) is 0 Å². The number of hydrogen-bond acceptors (Lipinski definition) is 4. The lowest BCUT2D eigenvalue weighted by molar-refractivity contribution is -0.137. The largest absolute Gasteiger partial charge is 0.416 e. The van der Waals surface area contributed by atoms with Gasteiger partial charge in [0.15, 0.2) is 0 Å². The van der Waals surface area contributed by atoms with Crippen LogP contribution in [0.4, 0.5) is 23.7 Å². The Balaban J connectivity index is 1.32. The summed E-state index contributed by atoms with van der Waals surface area (Å²) in [6.45, 7) is -0.00621. The number of carbonyl (C=O) groups excluding carboxylic acids is 3. The number of nitrogens with zero attached hydrogens (tertiary/aromatic N) is 2. The molecule has 170 valence electrons. The summed E-state index contributed by atoms with van der Waals surface area (Å²) in [4.78, 5) is 42.1. The Hall–Kier alpha value is -4.15. The monoisotopic (exact) mass is 457 g/mol. The average Bonchev–Trinajstić information content (AvgIpc) is 3.16. The van der Waals surface area contributed by atoms with Crippen LogP contribution in [-0.2, 0) is 11.0 Å². The second-order valence-corrected chi connectivity index (χ2v) is 7.40. The van der Waals surface area contributed by atoms with Crippen LogP contribution in [-0.4, -0.2) is 35.4 Å². The van der Waals surface area contributed by atoms with E-state index in [9.17, 15) is 27.6 Å². The number of fused-ring (bicyclic) bond motifs is 1. The molecular weight excluding hydrogens is 439 g/mol. The zero-order valence-electron chi connectivity index (χ0n) is 17.0. The number of rotatable bonds is 3. The van der Waals surface area contributed by atoms with Crippen molar-refractivity contribution in [2.45, 2.75) is 18.6 Å². The van der Waals surface area contributed by atoms with Crippen LogP contribution < -0.4 is 21.1 Å². The maximum absolute atomic E-state index is 12.9. The van der Waals surface area contributed by atoms with E-state index in [0.717, 1.165) is 17.5 Å².